The van der Waals surface area contributed by atoms with Crippen molar-refractivity contribution in [3.63, 3.8) is 0 Å². The van der Waals surface area contributed by atoms with Crippen LogP contribution in [0.15, 0.2) is 16.7 Å². The molecular weight excluding hydrogens is 268 g/mol. The molecule has 1 saturated heterocycles. The Labute approximate surface area is 126 Å². The van der Waals surface area contributed by atoms with Crippen molar-refractivity contribution in [3.8, 4) is 0 Å². The lowest BCUT2D eigenvalue weighted by Gasteiger charge is -2.21. The Morgan fingerprint density at radius 2 is 2.25 bits per heavy atom. The molecule has 2 heterocycles. The highest BCUT2D eigenvalue weighted by Crippen LogP contribution is 2.31. The molecule has 112 valence electrons. The summed E-state index contributed by atoms with van der Waals surface area (Å²) >= 11 is 2.10. The highest BCUT2D eigenvalue weighted by atomic mass is 32.2. The lowest BCUT2D eigenvalue weighted by molar-refractivity contribution is 0.253. The van der Waals surface area contributed by atoms with Gasteiger partial charge in [0.2, 0.25) is 0 Å². The fraction of sp³-hybridized carbons (Fsp3) is 0.750. The number of nitrogens with one attached hydrogen (secondary N) is 1. The summed E-state index contributed by atoms with van der Waals surface area (Å²) in [6.45, 7) is 8.98. The number of nitrogens with zero attached hydrogens (tertiary/aromatic N) is 1. The zero-order valence-electron chi connectivity index (χ0n) is 12.7. The van der Waals surface area contributed by atoms with E-state index >= 15 is 0 Å². The van der Waals surface area contributed by atoms with Crippen molar-refractivity contribution in [3.05, 3.63) is 23.7 Å². The second-order valence-corrected chi connectivity index (χ2v) is 8.51. The van der Waals surface area contributed by atoms with Crippen LogP contribution in [0, 0.1) is 0 Å². The molecule has 0 aromatic carbocycles. The summed E-state index contributed by atoms with van der Waals surface area (Å²) in [5.41, 5.74) is 1.29. The van der Waals surface area contributed by atoms with Crippen LogP contribution < -0.4 is 5.32 Å². The molecule has 1 aromatic heterocycles. The van der Waals surface area contributed by atoms with Gasteiger partial charge in [-0.2, -0.15) is 11.8 Å². The highest BCUT2D eigenvalue weighted by Gasteiger charge is 2.24. The maximum absolute atomic E-state index is 5.72. The van der Waals surface area contributed by atoms with Gasteiger partial charge >= 0.3 is 0 Å². The van der Waals surface area contributed by atoms with Gasteiger partial charge in [0, 0.05) is 35.2 Å². The van der Waals surface area contributed by atoms with Crippen molar-refractivity contribution in [2.24, 2.45) is 0 Å². The van der Waals surface area contributed by atoms with Crippen LogP contribution >= 0.6 is 11.8 Å². The quantitative estimate of drug-likeness (QED) is 0.902. The van der Waals surface area contributed by atoms with Gasteiger partial charge in [-0.1, -0.05) is 13.8 Å². The normalized spacial score (nSPS) is 23.7. The summed E-state index contributed by atoms with van der Waals surface area (Å²) in [5.74, 6) is 2.34. The van der Waals surface area contributed by atoms with E-state index < -0.39 is 0 Å². The van der Waals surface area contributed by atoms with Gasteiger partial charge in [0.05, 0.1) is 12.8 Å². The number of furan rings is 1. The minimum absolute atomic E-state index is 0.428. The molecule has 1 aromatic rings. The maximum Gasteiger partial charge on any atom is 0.118 e. The Balaban J connectivity index is 1.49. The van der Waals surface area contributed by atoms with E-state index in [9.17, 15) is 0 Å². The fourth-order valence-electron chi connectivity index (χ4n) is 2.59. The first-order valence-corrected chi connectivity index (χ1v) is 8.75. The Bertz CT molecular complexity index is 439. The largest absolute Gasteiger partial charge is 0.468 e. The molecule has 1 saturated carbocycles. The van der Waals surface area contributed by atoms with E-state index in [1.807, 2.05) is 6.26 Å². The van der Waals surface area contributed by atoms with E-state index in [4.69, 9.17) is 4.42 Å². The molecule has 2 aliphatic rings. The summed E-state index contributed by atoms with van der Waals surface area (Å²) < 4.78 is 6.15. The second-order valence-electron chi connectivity index (χ2n) is 6.71. The molecule has 0 atom stereocenters. The molecule has 0 radical (unpaired) electrons. The zero-order valence-corrected chi connectivity index (χ0v) is 13.5. The Morgan fingerprint density at radius 1 is 1.40 bits per heavy atom. The Kier molecular flexibility index (Phi) is 4.43. The highest BCUT2D eigenvalue weighted by molar-refractivity contribution is 8.00. The van der Waals surface area contributed by atoms with Crippen molar-refractivity contribution in [2.75, 3.05) is 18.8 Å². The minimum Gasteiger partial charge on any atom is -0.468 e. The standard InChI is InChI=1S/C16H26N2OS/c1-16(2)5-6-18(7-8-20-16)11-15-9-13(12-19-15)10-17-14-3-4-14/h9,12,14,17H,3-8,10-11H2,1-2H3. The van der Waals surface area contributed by atoms with Crippen molar-refractivity contribution in [1.82, 2.24) is 10.2 Å². The fourth-order valence-corrected chi connectivity index (χ4v) is 3.73. The van der Waals surface area contributed by atoms with Gasteiger partial charge in [-0.05, 0) is 31.9 Å². The van der Waals surface area contributed by atoms with E-state index in [0.29, 0.717) is 4.75 Å². The number of rotatable bonds is 5. The summed E-state index contributed by atoms with van der Waals surface area (Å²) in [6.07, 6.45) is 5.85. The average molecular weight is 294 g/mol. The molecule has 3 rings (SSSR count). The van der Waals surface area contributed by atoms with Crippen molar-refractivity contribution < 1.29 is 4.42 Å². The van der Waals surface area contributed by atoms with Gasteiger partial charge < -0.3 is 9.73 Å². The van der Waals surface area contributed by atoms with E-state index in [1.165, 1.54) is 43.7 Å². The molecule has 0 bridgehead atoms. The molecule has 1 aliphatic carbocycles. The second kappa shape index (κ2) is 6.12. The lowest BCUT2D eigenvalue weighted by Crippen LogP contribution is -2.26. The van der Waals surface area contributed by atoms with E-state index in [0.717, 1.165) is 24.9 Å². The molecule has 1 N–H and O–H groups in total. The van der Waals surface area contributed by atoms with Crippen LogP contribution in [-0.4, -0.2) is 34.5 Å². The summed E-state index contributed by atoms with van der Waals surface area (Å²) in [7, 11) is 0. The topological polar surface area (TPSA) is 28.4 Å². The minimum atomic E-state index is 0.428. The number of hydrogen-bond donors (Lipinski definition) is 1. The van der Waals surface area contributed by atoms with Crippen molar-refractivity contribution >= 4 is 11.8 Å². The third kappa shape index (κ3) is 4.27. The maximum atomic E-state index is 5.72. The molecule has 20 heavy (non-hydrogen) atoms. The molecule has 4 heteroatoms. The predicted octanol–water partition coefficient (Wildman–Crippen LogP) is 3.25. The smallest absolute Gasteiger partial charge is 0.118 e. The average Bonchev–Trinajstić information content (AvgIpc) is 3.15. The van der Waals surface area contributed by atoms with Gasteiger partial charge in [0.1, 0.15) is 5.76 Å². The first-order chi connectivity index (χ1) is 9.61. The molecule has 3 nitrogen and oxygen atoms in total. The third-order valence-electron chi connectivity index (χ3n) is 4.19. The van der Waals surface area contributed by atoms with Crippen LogP contribution in [0.2, 0.25) is 0 Å². The van der Waals surface area contributed by atoms with Crippen LogP contribution in [0.3, 0.4) is 0 Å². The van der Waals surface area contributed by atoms with Gasteiger partial charge in [-0.25, -0.2) is 0 Å². The van der Waals surface area contributed by atoms with Gasteiger partial charge in [-0.15, -0.1) is 0 Å². The SMILES string of the molecule is CC1(C)CCN(Cc2cc(CNC3CC3)co2)CCS1. The Hall–Kier alpha value is -0.450. The predicted molar refractivity (Wildman–Crippen MR) is 85.0 cm³/mol. The molecule has 2 fully saturated rings. The van der Waals surface area contributed by atoms with Crippen LogP contribution in [0.1, 0.15) is 44.4 Å². The monoisotopic (exact) mass is 294 g/mol. The van der Waals surface area contributed by atoms with Crippen LogP contribution in [-0.2, 0) is 13.1 Å². The first-order valence-electron chi connectivity index (χ1n) is 7.77. The van der Waals surface area contributed by atoms with E-state index in [2.05, 4.69) is 41.9 Å². The molecule has 1 aliphatic heterocycles. The summed E-state index contributed by atoms with van der Waals surface area (Å²) in [4.78, 5) is 2.53. The summed E-state index contributed by atoms with van der Waals surface area (Å²) in [5, 5.41) is 3.53. The van der Waals surface area contributed by atoms with Gasteiger partial charge in [0.25, 0.3) is 0 Å². The molecule has 0 unspecified atom stereocenters. The number of hydrogen-bond acceptors (Lipinski definition) is 4. The van der Waals surface area contributed by atoms with Crippen LogP contribution in [0.5, 0.6) is 0 Å². The van der Waals surface area contributed by atoms with E-state index in [1.54, 1.807) is 0 Å². The van der Waals surface area contributed by atoms with E-state index in [-0.39, 0.29) is 0 Å². The number of thioether (sulfide) groups is 1. The lowest BCUT2D eigenvalue weighted by atomic mass is 10.1. The molecule has 0 spiro atoms. The van der Waals surface area contributed by atoms with Crippen LogP contribution in [0.4, 0.5) is 0 Å². The Morgan fingerprint density at radius 3 is 3.05 bits per heavy atom. The first kappa shape index (κ1) is 14.5. The summed E-state index contributed by atoms with van der Waals surface area (Å²) in [6, 6.07) is 2.98. The van der Waals surface area contributed by atoms with Gasteiger partial charge in [-0.3, -0.25) is 4.90 Å². The van der Waals surface area contributed by atoms with Crippen LogP contribution in [0.25, 0.3) is 0 Å². The zero-order chi connectivity index (χ0) is 14.0. The molecule has 0 amide bonds. The third-order valence-corrected chi connectivity index (χ3v) is 5.56. The van der Waals surface area contributed by atoms with Crippen molar-refractivity contribution in [2.45, 2.75) is 57.0 Å². The van der Waals surface area contributed by atoms with Gasteiger partial charge in [0.15, 0.2) is 0 Å². The van der Waals surface area contributed by atoms with Crippen molar-refractivity contribution in [1.29, 1.82) is 0 Å². The molecular formula is C16H26N2OS.